The highest BCUT2D eigenvalue weighted by molar-refractivity contribution is 5.85. The molecule has 0 saturated carbocycles. The van der Waals surface area contributed by atoms with Crippen LogP contribution in [0.3, 0.4) is 0 Å². The van der Waals surface area contributed by atoms with E-state index in [0.717, 1.165) is 5.69 Å². The number of rotatable bonds is 3. The number of likely N-dealkylation sites (N-methyl/N-ethyl adjacent to an activating group) is 1. The van der Waals surface area contributed by atoms with Gasteiger partial charge in [0.2, 0.25) is 5.91 Å². The standard InChI is InChI=1S/C12H15F2N3O.2ClH/c1-17(7-9-4-2-3-5-15-9)11(18)10-6-12(13,14)8-16-10;;/h2-5,10,16H,6-8H2,1H3;2*1H. The Morgan fingerprint density at radius 3 is 2.70 bits per heavy atom. The van der Waals surface area contributed by atoms with Crippen LogP contribution in [0.2, 0.25) is 0 Å². The van der Waals surface area contributed by atoms with E-state index in [9.17, 15) is 13.6 Å². The average Bonchev–Trinajstić information content (AvgIpc) is 2.70. The number of alkyl halides is 2. The van der Waals surface area contributed by atoms with Crippen molar-refractivity contribution in [1.82, 2.24) is 15.2 Å². The second-order valence-electron chi connectivity index (χ2n) is 4.51. The predicted octanol–water partition coefficient (Wildman–Crippen LogP) is 1.88. The molecule has 1 aromatic rings. The largest absolute Gasteiger partial charge is 0.338 e. The number of carbonyl (C=O) groups excluding carboxylic acids is 1. The molecular formula is C12H17Cl2F2N3O. The van der Waals surface area contributed by atoms with Crippen molar-refractivity contribution in [3.63, 3.8) is 0 Å². The summed E-state index contributed by atoms with van der Waals surface area (Å²) < 4.78 is 26.0. The van der Waals surface area contributed by atoms with Gasteiger partial charge in [-0.05, 0) is 12.1 Å². The van der Waals surface area contributed by atoms with Gasteiger partial charge in [0.1, 0.15) is 0 Å². The summed E-state index contributed by atoms with van der Waals surface area (Å²) in [5, 5.41) is 2.55. The Hall–Kier alpha value is -0.980. The van der Waals surface area contributed by atoms with Gasteiger partial charge in [-0.3, -0.25) is 15.1 Å². The van der Waals surface area contributed by atoms with Crippen LogP contribution >= 0.6 is 24.8 Å². The highest BCUT2D eigenvalue weighted by Crippen LogP contribution is 2.25. The van der Waals surface area contributed by atoms with E-state index in [2.05, 4.69) is 10.3 Å². The first-order valence-corrected chi connectivity index (χ1v) is 5.74. The third-order valence-electron chi connectivity index (χ3n) is 2.91. The van der Waals surface area contributed by atoms with Crippen LogP contribution in [-0.4, -0.2) is 41.3 Å². The van der Waals surface area contributed by atoms with Gasteiger partial charge >= 0.3 is 0 Å². The highest BCUT2D eigenvalue weighted by Gasteiger charge is 2.43. The maximum Gasteiger partial charge on any atom is 0.262 e. The van der Waals surface area contributed by atoms with Crippen LogP contribution in [0.25, 0.3) is 0 Å². The molecule has 1 aromatic heterocycles. The number of carbonyl (C=O) groups is 1. The molecular weight excluding hydrogens is 311 g/mol. The number of halogens is 4. The molecule has 1 amide bonds. The normalized spacial score (nSPS) is 19.6. The van der Waals surface area contributed by atoms with E-state index in [4.69, 9.17) is 0 Å². The van der Waals surface area contributed by atoms with Gasteiger partial charge in [0, 0.05) is 19.7 Å². The fraction of sp³-hybridized carbons (Fsp3) is 0.500. The maximum atomic E-state index is 13.0. The molecule has 0 aliphatic carbocycles. The molecule has 1 saturated heterocycles. The minimum absolute atomic E-state index is 0. The summed E-state index contributed by atoms with van der Waals surface area (Å²) in [7, 11) is 1.59. The Balaban J connectivity index is 0.00000180. The molecule has 2 rings (SSSR count). The van der Waals surface area contributed by atoms with Crippen LogP contribution in [0.5, 0.6) is 0 Å². The topological polar surface area (TPSA) is 45.2 Å². The molecule has 20 heavy (non-hydrogen) atoms. The van der Waals surface area contributed by atoms with Crippen molar-refractivity contribution in [3.05, 3.63) is 30.1 Å². The van der Waals surface area contributed by atoms with Crippen molar-refractivity contribution in [3.8, 4) is 0 Å². The molecule has 1 aliphatic rings. The van der Waals surface area contributed by atoms with Gasteiger partial charge in [-0.1, -0.05) is 6.07 Å². The van der Waals surface area contributed by atoms with Gasteiger partial charge in [0.25, 0.3) is 5.92 Å². The number of aromatic nitrogens is 1. The zero-order chi connectivity index (χ0) is 13.2. The van der Waals surface area contributed by atoms with Crippen LogP contribution in [0.1, 0.15) is 12.1 Å². The molecule has 1 aliphatic heterocycles. The van der Waals surface area contributed by atoms with Crippen LogP contribution < -0.4 is 5.32 Å². The van der Waals surface area contributed by atoms with Crippen molar-refractivity contribution in [1.29, 1.82) is 0 Å². The molecule has 4 nitrogen and oxygen atoms in total. The van der Waals surface area contributed by atoms with E-state index in [-0.39, 0.29) is 30.7 Å². The van der Waals surface area contributed by atoms with Gasteiger partial charge in [0.15, 0.2) is 0 Å². The van der Waals surface area contributed by atoms with Crippen molar-refractivity contribution >= 4 is 30.7 Å². The average molecular weight is 328 g/mol. The number of hydrogen-bond acceptors (Lipinski definition) is 3. The Bertz CT molecular complexity index is 434. The van der Waals surface area contributed by atoms with Gasteiger partial charge in [-0.15, -0.1) is 24.8 Å². The van der Waals surface area contributed by atoms with Gasteiger partial charge < -0.3 is 4.90 Å². The second-order valence-corrected chi connectivity index (χ2v) is 4.51. The van der Waals surface area contributed by atoms with Crippen molar-refractivity contribution < 1.29 is 13.6 Å². The minimum atomic E-state index is -2.79. The Morgan fingerprint density at radius 1 is 1.50 bits per heavy atom. The molecule has 0 aromatic carbocycles. The van der Waals surface area contributed by atoms with E-state index in [1.807, 2.05) is 6.07 Å². The quantitative estimate of drug-likeness (QED) is 0.922. The smallest absolute Gasteiger partial charge is 0.262 e. The van der Waals surface area contributed by atoms with Gasteiger partial charge in [-0.2, -0.15) is 0 Å². The third kappa shape index (κ3) is 4.85. The van der Waals surface area contributed by atoms with Gasteiger partial charge in [-0.25, -0.2) is 8.78 Å². The van der Waals surface area contributed by atoms with Crippen LogP contribution in [-0.2, 0) is 11.3 Å². The van der Waals surface area contributed by atoms with Crippen LogP contribution in [0, 0.1) is 0 Å². The Kier molecular flexibility index (Phi) is 7.33. The van der Waals surface area contributed by atoms with E-state index >= 15 is 0 Å². The first-order chi connectivity index (χ1) is 8.48. The fourth-order valence-electron chi connectivity index (χ4n) is 1.97. The monoisotopic (exact) mass is 327 g/mol. The summed E-state index contributed by atoms with van der Waals surface area (Å²) in [6.07, 6.45) is 1.20. The lowest BCUT2D eigenvalue weighted by atomic mass is 10.1. The fourth-order valence-corrected chi connectivity index (χ4v) is 1.97. The zero-order valence-corrected chi connectivity index (χ0v) is 12.5. The number of nitrogens with one attached hydrogen (secondary N) is 1. The van der Waals surface area contributed by atoms with Gasteiger partial charge in [0.05, 0.1) is 24.8 Å². The molecule has 2 heterocycles. The van der Waals surface area contributed by atoms with Crippen molar-refractivity contribution in [2.75, 3.05) is 13.6 Å². The van der Waals surface area contributed by atoms with Crippen molar-refractivity contribution in [2.45, 2.75) is 24.9 Å². The molecule has 1 atom stereocenters. The first-order valence-electron chi connectivity index (χ1n) is 5.74. The molecule has 1 fully saturated rings. The lowest BCUT2D eigenvalue weighted by Crippen LogP contribution is -2.41. The number of hydrogen-bond donors (Lipinski definition) is 1. The Labute approximate surface area is 128 Å². The molecule has 0 bridgehead atoms. The summed E-state index contributed by atoms with van der Waals surface area (Å²) in [5.41, 5.74) is 0.734. The van der Waals surface area contributed by atoms with E-state index in [0.29, 0.717) is 6.54 Å². The minimum Gasteiger partial charge on any atom is -0.338 e. The molecule has 114 valence electrons. The summed E-state index contributed by atoms with van der Waals surface area (Å²) in [5.74, 6) is -3.11. The lowest BCUT2D eigenvalue weighted by molar-refractivity contribution is -0.133. The maximum absolute atomic E-state index is 13.0. The first kappa shape index (κ1) is 19.0. The number of pyridine rings is 1. The van der Waals surface area contributed by atoms with E-state index in [1.165, 1.54) is 4.90 Å². The second kappa shape index (κ2) is 7.71. The highest BCUT2D eigenvalue weighted by atomic mass is 35.5. The molecule has 1 unspecified atom stereocenters. The molecule has 8 heteroatoms. The summed E-state index contributed by atoms with van der Waals surface area (Å²) >= 11 is 0. The summed E-state index contributed by atoms with van der Waals surface area (Å²) in [6.45, 7) is -0.107. The summed E-state index contributed by atoms with van der Waals surface area (Å²) in [6, 6.07) is 4.60. The lowest BCUT2D eigenvalue weighted by Gasteiger charge is -2.20. The van der Waals surface area contributed by atoms with Crippen molar-refractivity contribution in [2.24, 2.45) is 0 Å². The SMILES string of the molecule is CN(Cc1ccccn1)C(=O)C1CC(F)(F)CN1.Cl.Cl. The molecule has 1 N–H and O–H groups in total. The molecule has 0 spiro atoms. The Morgan fingerprint density at radius 2 is 2.20 bits per heavy atom. The zero-order valence-electron chi connectivity index (χ0n) is 10.9. The molecule has 0 radical (unpaired) electrons. The number of nitrogens with zero attached hydrogens (tertiary/aromatic N) is 2. The number of amides is 1. The van der Waals surface area contributed by atoms with Crippen LogP contribution in [0.4, 0.5) is 8.78 Å². The van der Waals surface area contributed by atoms with E-state index in [1.54, 1.807) is 25.4 Å². The third-order valence-corrected chi connectivity index (χ3v) is 2.91. The predicted molar refractivity (Wildman–Crippen MR) is 76.6 cm³/mol. The van der Waals surface area contributed by atoms with E-state index < -0.39 is 24.9 Å². The van der Waals surface area contributed by atoms with Crippen LogP contribution in [0.15, 0.2) is 24.4 Å². The summed E-state index contributed by atoms with van der Waals surface area (Å²) in [4.78, 5) is 17.5.